The molecule has 0 fully saturated rings. The zero-order valence-corrected chi connectivity index (χ0v) is 14.2. The molecule has 1 amide bonds. The van der Waals surface area contributed by atoms with Crippen LogP contribution in [0.15, 0.2) is 41.1 Å². The lowest BCUT2D eigenvalue weighted by molar-refractivity contribution is 0.103. The van der Waals surface area contributed by atoms with Crippen LogP contribution in [0.3, 0.4) is 0 Å². The minimum Gasteiger partial charge on any atom is -0.497 e. The van der Waals surface area contributed by atoms with Crippen molar-refractivity contribution >= 4 is 33.7 Å². The first kappa shape index (κ1) is 15.5. The van der Waals surface area contributed by atoms with Crippen LogP contribution in [0, 0.1) is 0 Å². The van der Waals surface area contributed by atoms with E-state index >= 15 is 0 Å². The quantitative estimate of drug-likeness (QED) is 0.754. The van der Waals surface area contributed by atoms with E-state index in [4.69, 9.17) is 9.47 Å². The highest BCUT2D eigenvalue weighted by atomic mass is 32.1. The second kappa shape index (κ2) is 6.80. The third kappa shape index (κ3) is 3.35. The second-order valence-corrected chi connectivity index (χ2v) is 6.34. The van der Waals surface area contributed by atoms with Crippen molar-refractivity contribution in [2.24, 2.45) is 0 Å². The highest BCUT2D eigenvalue weighted by molar-refractivity contribution is 7.14. The number of carbonyl (C=O) groups excluding carboxylic acids is 1. The van der Waals surface area contributed by atoms with Gasteiger partial charge in [-0.05, 0) is 29.6 Å². The Kier molecular flexibility index (Phi) is 4.59. The standard InChI is InChI=1S/C16H14N2O3S2/c1-20-10-5-6-13(21-2)11(8-10)12-9-23-16(17-12)18-15(19)14-4-3-7-22-14/h3-9H,1-2H3,(H,17,18,19). The highest BCUT2D eigenvalue weighted by Crippen LogP contribution is 2.35. The number of nitrogens with one attached hydrogen (secondary N) is 1. The monoisotopic (exact) mass is 346 g/mol. The van der Waals surface area contributed by atoms with Crippen LogP contribution < -0.4 is 14.8 Å². The zero-order chi connectivity index (χ0) is 16.2. The molecule has 0 saturated carbocycles. The van der Waals surface area contributed by atoms with Crippen LogP contribution in [0.25, 0.3) is 11.3 Å². The van der Waals surface area contributed by atoms with Gasteiger partial charge in [-0.15, -0.1) is 22.7 Å². The molecule has 3 aromatic rings. The Labute approximate surface area is 141 Å². The lowest BCUT2D eigenvalue weighted by Gasteiger charge is -2.08. The molecule has 0 bridgehead atoms. The van der Waals surface area contributed by atoms with Crippen molar-refractivity contribution in [3.63, 3.8) is 0 Å². The normalized spacial score (nSPS) is 10.3. The number of carbonyl (C=O) groups is 1. The average molecular weight is 346 g/mol. The van der Waals surface area contributed by atoms with Gasteiger partial charge in [0.2, 0.25) is 0 Å². The first-order valence-electron chi connectivity index (χ1n) is 6.74. The van der Waals surface area contributed by atoms with Crippen molar-refractivity contribution in [3.05, 3.63) is 46.0 Å². The maximum absolute atomic E-state index is 12.1. The largest absolute Gasteiger partial charge is 0.497 e. The Balaban J connectivity index is 1.86. The summed E-state index contributed by atoms with van der Waals surface area (Å²) in [5.41, 5.74) is 1.55. The second-order valence-electron chi connectivity index (χ2n) is 4.54. The molecule has 0 saturated heterocycles. The van der Waals surface area contributed by atoms with E-state index in [1.54, 1.807) is 20.3 Å². The minimum absolute atomic E-state index is 0.154. The highest BCUT2D eigenvalue weighted by Gasteiger charge is 2.14. The number of hydrogen-bond donors (Lipinski definition) is 1. The maximum atomic E-state index is 12.1. The predicted molar refractivity (Wildman–Crippen MR) is 92.9 cm³/mol. The molecule has 2 heterocycles. The molecule has 118 valence electrons. The van der Waals surface area contributed by atoms with E-state index in [9.17, 15) is 4.79 Å². The van der Waals surface area contributed by atoms with Crippen molar-refractivity contribution in [1.82, 2.24) is 4.98 Å². The van der Waals surface area contributed by atoms with Crippen molar-refractivity contribution in [2.45, 2.75) is 0 Å². The number of thiophene rings is 1. The van der Waals surface area contributed by atoms with Gasteiger partial charge in [-0.1, -0.05) is 6.07 Å². The molecule has 0 spiro atoms. The van der Waals surface area contributed by atoms with Crippen molar-refractivity contribution in [2.75, 3.05) is 19.5 Å². The molecular formula is C16H14N2O3S2. The summed E-state index contributed by atoms with van der Waals surface area (Å²) in [6, 6.07) is 9.14. The first-order valence-corrected chi connectivity index (χ1v) is 8.50. The van der Waals surface area contributed by atoms with Crippen LogP contribution in [-0.4, -0.2) is 25.1 Å². The molecule has 0 unspecified atom stereocenters. The van der Waals surface area contributed by atoms with Crippen LogP contribution in [0.4, 0.5) is 5.13 Å². The van der Waals surface area contributed by atoms with Crippen LogP contribution in [0.2, 0.25) is 0 Å². The molecule has 1 aromatic carbocycles. The molecule has 0 aliphatic heterocycles. The summed E-state index contributed by atoms with van der Waals surface area (Å²) in [4.78, 5) is 17.2. The van der Waals surface area contributed by atoms with E-state index < -0.39 is 0 Å². The topological polar surface area (TPSA) is 60.5 Å². The van der Waals surface area contributed by atoms with Gasteiger partial charge in [0.1, 0.15) is 11.5 Å². The van der Waals surface area contributed by atoms with Gasteiger partial charge in [0.05, 0.1) is 24.8 Å². The van der Waals surface area contributed by atoms with Crippen molar-refractivity contribution < 1.29 is 14.3 Å². The van der Waals surface area contributed by atoms with E-state index in [0.29, 0.717) is 15.8 Å². The van der Waals surface area contributed by atoms with Gasteiger partial charge in [-0.3, -0.25) is 10.1 Å². The number of hydrogen-bond acceptors (Lipinski definition) is 6. The Morgan fingerprint density at radius 1 is 1.17 bits per heavy atom. The molecule has 0 aliphatic carbocycles. The number of aromatic nitrogens is 1. The van der Waals surface area contributed by atoms with Gasteiger partial charge in [-0.25, -0.2) is 4.98 Å². The van der Waals surface area contributed by atoms with Crippen LogP contribution in [0.1, 0.15) is 9.67 Å². The number of nitrogens with zero attached hydrogens (tertiary/aromatic N) is 1. The summed E-state index contributed by atoms with van der Waals surface area (Å²) in [5.74, 6) is 1.27. The molecule has 5 nitrogen and oxygen atoms in total. The smallest absolute Gasteiger partial charge is 0.267 e. The Morgan fingerprint density at radius 2 is 2.04 bits per heavy atom. The molecule has 1 N–H and O–H groups in total. The zero-order valence-electron chi connectivity index (χ0n) is 12.5. The van der Waals surface area contributed by atoms with Crippen LogP contribution >= 0.6 is 22.7 Å². The summed E-state index contributed by atoms with van der Waals surface area (Å²) in [7, 11) is 3.22. The SMILES string of the molecule is COc1ccc(OC)c(-c2csc(NC(=O)c3cccs3)n2)c1. The van der Waals surface area contributed by atoms with Gasteiger partial charge in [0, 0.05) is 10.9 Å². The van der Waals surface area contributed by atoms with E-state index in [2.05, 4.69) is 10.3 Å². The van der Waals surface area contributed by atoms with Crippen LogP contribution in [-0.2, 0) is 0 Å². The number of thiazole rings is 1. The minimum atomic E-state index is -0.154. The van der Waals surface area contributed by atoms with E-state index in [-0.39, 0.29) is 5.91 Å². The third-order valence-corrected chi connectivity index (χ3v) is 4.78. The Bertz CT molecular complexity index is 813. The fourth-order valence-electron chi connectivity index (χ4n) is 2.04. The summed E-state index contributed by atoms with van der Waals surface area (Å²) in [5, 5.41) is 7.09. The lowest BCUT2D eigenvalue weighted by atomic mass is 10.1. The number of benzene rings is 1. The summed E-state index contributed by atoms with van der Waals surface area (Å²) in [6.07, 6.45) is 0. The number of rotatable bonds is 5. The van der Waals surface area contributed by atoms with E-state index in [1.807, 2.05) is 35.0 Å². The van der Waals surface area contributed by atoms with Gasteiger partial charge < -0.3 is 9.47 Å². The number of methoxy groups -OCH3 is 2. The first-order chi connectivity index (χ1) is 11.2. The number of anilines is 1. The number of amides is 1. The Morgan fingerprint density at radius 3 is 2.74 bits per heavy atom. The van der Waals surface area contributed by atoms with E-state index in [0.717, 1.165) is 17.0 Å². The molecular weight excluding hydrogens is 332 g/mol. The van der Waals surface area contributed by atoms with Crippen molar-refractivity contribution in [1.29, 1.82) is 0 Å². The molecule has 23 heavy (non-hydrogen) atoms. The summed E-state index contributed by atoms with van der Waals surface area (Å²) in [6.45, 7) is 0. The van der Waals surface area contributed by atoms with Gasteiger partial charge in [-0.2, -0.15) is 0 Å². The predicted octanol–water partition coefficient (Wildman–Crippen LogP) is 4.14. The molecule has 3 rings (SSSR count). The van der Waals surface area contributed by atoms with Gasteiger partial charge in [0.15, 0.2) is 5.13 Å². The number of ether oxygens (including phenoxy) is 2. The maximum Gasteiger partial charge on any atom is 0.267 e. The third-order valence-electron chi connectivity index (χ3n) is 3.15. The molecule has 7 heteroatoms. The molecule has 0 radical (unpaired) electrons. The van der Waals surface area contributed by atoms with E-state index in [1.165, 1.54) is 22.7 Å². The van der Waals surface area contributed by atoms with Crippen LogP contribution in [0.5, 0.6) is 11.5 Å². The average Bonchev–Trinajstić information content (AvgIpc) is 3.26. The molecule has 2 aromatic heterocycles. The van der Waals surface area contributed by atoms with Gasteiger partial charge >= 0.3 is 0 Å². The molecule has 0 atom stereocenters. The van der Waals surface area contributed by atoms with Crippen molar-refractivity contribution in [3.8, 4) is 22.8 Å². The summed E-state index contributed by atoms with van der Waals surface area (Å²) >= 11 is 2.76. The fourth-order valence-corrected chi connectivity index (χ4v) is 3.36. The molecule has 0 aliphatic rings. The lowest BCUT2D eigenvalue weighted by Crippen LogP contribution is -2.09. The van der Waals surface area contributed by atoms with Gasteiger partial charge in [0.25, 0.3) is 5.91 Å². The summed E-state index contributed by atoms with van der Waals surface area (Å²) < 4.78 is 10.6. The Hall–Kier alpha value is -2.38. The fraction of sp³-hybridized carbons (Fsp3) is 0.125.